The Morgan fingerprint density at radius 1 is 0.868 bits per heavy atom. The van der Waals surface area contributed by atoms with Crippen molar-refractivity contribution in [2.45, 2.75) is 92.8 Å². The molecule has 0 saturated carbocycles. The lowest BCUT2D eigenvalue weighted by Gasteiger charge is -2.21. The highest BCUT2D eigenvalue weighted by molar-refractivity contribution is 6.31. The third kappa shape index (κ3) is 20.9. The normalized spacial score (nSPS) is 11.6. The summed E-state index contributed by atoms with van der Waals surface area (Å²) in [5, 5.41) is 24.5. The molecule has 68 heavy (non-hydrogen) atoms. The van der Waals surface area contributed by atoms with E-state index >= 15 is 0 Å². The lowest BCUT2D eigenvalue weighted by Crippen LogP contribution is -2.29. The van der Waals surface area contributed by atoms with Crippen molar-refractivity contribution in [2.75, 3.05) is 57.7 Å². The Kier molecular flexibility index (Phi) is 25.8. The van der Waals surface area contributed by atoms with E-state index in [0.717, 1.165) is 104 Å². The number of hydrogen-bond donors (Lipinski definition) is 3. The minimum Gasteiger partial charge on any atom is -0.382 e. The van der Waals surface area contributed by atoms with Crippen molar-refractivity contribution in [3.63, 3.8) is 0 Å². The van der Waals surface area contributed by atoms with Gasteiger partial charge in [-0.3, -0.25) is 24.2 Å². The smallest absolute Gasteiger partial charge is 0.247 e. The molecule has 2 atom stereocenters. The van der Waals surface area contributed by atoms with Crippen LogP contribution >= 0.6 is 23.2 Å². The van der Waals surface area contributed by atoms with Gasteiger partial charge >= 0.3 is 0 Å². The molecule has 364 valence electrons. The molecular formula is C51H69Cl2N13O2. The summed E-state index contributed by atoms with van der Waals surface area (Å²) in [5.74, 6) is 2.52. The number of aromatic nitrogens is 5. The van der Waals surface area contributed by atoms with Crippen LogP contribution in [0.3, 0.4) is 0 Å². The maximum Gasteiger partial charge on any atom is 0.247 e. The Morgan fingerprint density at radius 3 is 2.10 bits per heavy atom. The van der Waals surface area contributed by atoms with Crippen molar-refractivity contribution in [1.82, 2.24) is 45.4 Å². The van der Waals surface area contributed by atoms with Crippen LogP contribution in [0.4, 0.5) is 5.69 Å². The molecule has 0 aliphatic carbocycles. The second-order valence-electron chi connectivity index (χ2n) is 16.7. The van der Waals surface area contributed by atoms with E-state index in [1.165, 1.54) is 17.4 Å². The number of pyridine rings is 2. The van der Waals surface area contributed by atoms with E-state index in [4.69, 9.17) is 35.2 Å². The summed E-state index contributed by atoms with van der Waals surface area (Å²) in [6, 6.07) is 16.2. The van der Waals surface area contributed by atoms with Crippen molar-refractivity contribution in [3.05, 3.63) is 123 Å². The summed E-state index contributed by atoms with van der Waals surface area (Å²) in [5.41, 5.74) is 14.3. The van der Waals surface area contributed by atoms with Gasteiger partial charge in [0.1, 0.15) is 5.69 Å². The molecule has 2 unspecified atom stereocenters. The van der Waals surface area contributed by atoms with E-state index in [2.05, 4.69) is 115 Å². The van der Waals surface area contributed by atoms with Crippen LogP contribution in [0.2, 0.25) is 10.0 Å². The van der Waals surface area contributed by atoms with E-state index in [1.807, 2.05) is 59.7 Å². The Hall–Kier alpha value is -6.01. The average Bonchev–Trinajstić information content (AvgIpc) is 3.78. The van der Waals surface area contributed by atoms with Crippen LogP contribution < -0.4 is 16.0 Å². The van der Waals surface area contributed by atoms with Crippen LogP contribution in [0.25, 0.3) is 32.2 Å². The number of hydrogen-bond acceptors (Lipinski definition) is 10. The van der Waals surface area contributed by atoms with Gasteiger partial charge in [-0.1, -0.05) is 79.4 Å². The first-order valence-electron chi connectivity index (χ1n) is 23.2. The molecule has 0 aliphatic rings. The molecule has 2 aromatic carbocycles. The van der Waals surface area contributed by atoms with Crippen molar-refractivity contribution in [2.24, 2.45) is 11.0 Å². The highest BCUT2D eigenvalue weighted by Crippen LogP contribution is 2.26. The molecule has 5 aromatic rings. The monoisotopic (exact) mass is 966 g/mol. The Labute approximate surface area is 412 Å². The fourth-order valence-electron chi connectivity index (χ4n) is 7.17. The maximum absolute atomic E-state index is 11.6. The standard InChI is InChI=1S/C26H35ClN6O.C18H25ClN6.C7H9NO/c1-5-32(13-14-33-18-23(30-31-33)17-29-26(34)19(2)3)12-6-7-20(4)15-21-10-11-28-25-16-22(27)8-9-24(21)25;1-3-25(12-10-22-24-20)11-4-5-14(2)23-17-8-9-21-18-13-15(19)6-7-16(17)18;1-4-5-8-7(9)6(2)3/h8-11,16,18,20H,2,5-7,12-15,17H2,1,3-4H3,(H,29,34);6-9,13-14H,3-5,10-12H2,1-2H3,(H,21,23);1H,2,5H2,3H3,(H,8,9). The molecule has 0 bridgehead atoms. The molecule has 0 aliphatic heterocycles. The minimum absolute atomic E-state index is 0.164. The average molecular weight is 967 g/mol. The quantitative estimate of drug-likeness (QED) is 0.0169. The molecule has 15 nitrogen and oxygen atoms in total. The Morgan fingerprint density at radius 2 is 1.47 bits per heavy atom. The van der Waals surface area contributed by atoms with E-state index in [9.17, 15) is 9.59 Å². The number of halogens is 2. The van der Waals surface area contributed by atoms with Crippen molar-refractivity contribution in [1.29, 1.82) is 0 Å². The van der Waals surface area contributed by atoms with Gasteiger partial charge in [-0.2, -0.15) is 0 Å². The number of rotatable bonds is 25. The third-order valence-electron chi connectivity index (χ3n) is 11.0. The molecule has 3 aromatic heterocycles. The first kappa shape index (κ1) is 56.3. The molecule has 0 spiro atoms. The van der Waals surface area contributed by atoms with Crippen LogP contribution in [0.5, 0.6) is 0 Å². The van der Waals surface area contributed by atoms with Crippen LogP contribution in [0.15, 0.2) is 96.5 Å². The third-order valence-corrected chi connectivity index (χ3v) is 11.5. The number of nitrogens with one attached hydrogen (secondary N) is 3. The van der Waals surface area contributed by atoms with Crippen LogP contribution in [0.1, 0.15) is 78.5 Å². The molecule has 0 fully saturated rings. The van der Waals surface area contributed by atoms with Crippen molar-refractivity contribution >= 4 is 62.5 Å². The lowest BCUT2D eigenvalue weighted by atomic mass is 9.94. The summed E-state index contributed by atoms with van der Waals surface area (Å²) in [4.78, 5) is 38.6. The molecule has 2 amide bonds. The van der Waals surface area contributed by atoms with Gasteiger partial charge in [-0.05, 0) is 139 Å². The first-order chi connectivity index (χ1) is 32.7. The van der Waals surface area contributed by atoms with E-state index in [-0.39, 0.29) is 18.4 Å². The number of fused-ring (bicyclic) bond motifs is 2. The highest BCUT2D eigenvalue weighted by atomic mass is 35.5. The predicted molar refractivity (Wildman–Crippen MR) is 280 cm³/mol. The number of nitrogens with zero attached hydrogens (tertiary/aromatic N) is 10. The lowest BCUT2D eigenvalue weighted by molar-refractivity contribution is -0.118. The SMILES string of the molecule is C#CCNC(=O)C(=C)C.C=C(C)C(=O)NCc1cn(CCN(CC)CCCC(C)Cc2ccnc3cc(Cl)ccc23)nn1.CCN(CCCC(C)Nc1ccnc2cc(Cl)ccc12)CCN=[N+]=[N-]. The van der Waals surface area contributed by atoms with E-state index < -0.39 is 0 Å². The summed E-state index contributed by atoms with van der Waals surface area (Å²) in [7, 11) is 0. The summed E-state index contributed by atoms with van der Waals surface area (Å²) >= 11 is 12.2. The number of terminal acetylenes is 1. The van der Waals surface area contributed by atoms with Gasteiger partial charge in [0.05, 0.1) is 36.9 Å². The zero-order chi connectivity index (χ0) is 49.8. The topological polar surface area (TPSA) is 182 Å². The van der Waals surface area contributed by atoms with Gasteiger partial charge in [-0.25, -0.2) is 0 Å². The summed E-state index contributed by atoms with van der Waals surface area (Å²) < 4.78 is 1.84. The molecular weight excluding hydrogens is 898 g/mol. The van der Waals surface area contributed by atoms with E-state index in [1.54, 1.807) is 13.8 Å². The van der Waals surface area contributed by atoms with E-state index in [0.29, 0.717) is 41.2 Å². The first-order valence-corrected chi connectivity index (χ1v) is 23.9. The molecule has 5 rings (SSSR count). The number of anilines is 1. The van der Waals surface area contributed by atoms with Gasteiger partial charge in [-0.15, -0.1) is 11.5 Å². The summed E-state index contributed by atoms with van der Waals surface area (Å²) in [6.45, 7) is 26.9. The van der Waals surface area contributed by atoms with Gasteiger partial charge in [0.2, 0.25) is 11.8 Å². The van der Waals surface area contributed by atoms with Crippen LogP contribution in [-0.2, 0) is 29.1 Å². The van der Waals surface area contributed by atoms with Crippen molar-refractivity contribution < 1.29 is 9.59 Å². The zero-order valence-corrected chi connectivity index (χ0v) is 42.2. The number of benzene rings is 2. The second kappa shape index (κ2) is 31.1. The van der Waals surface area contributed by atoms with Gasteiger partial charge in [0.25, 0.3) is 0 Å². The maximum atomic E-state index is 11.6. The number of azide groups is 1. The largest absolute Gasteiger partial charge is 0.382 e. The zero-order valence-electron chi connectivity index (χ0n) is 40.6. The number of carbonyl (C=O) groups excluding carboxylic acids is 2. The number of amides is 2. The van der Waals surface area contributed by atoms with Gasteiger partial charge in [0.15, 0.2) is 0 Å². The second-order valence-corrected chi connectivity index (χ2v) is 17.6. The van der Waals surface area contributed by atoms with Crippen LogP contribution in [-0.4, -0.2) is 105 Å². The molecule has 17 heteroatoms. The molecule has 0 radical (unpaired) electrons. The fourth-order valence-corrected chi connectivity index (χ4v) is 7.50. The molecule has 3 heterocycles. The molecule has 3 N–H and O–H groups in total. The van der Waals surface area contributed by atoms with Crippen LogP contribution in [0, 0.1) is 18.3 Å². The fraction of sp³-hybridized carbons (Fsp3) is 0.451. The minimum atomic E-state index is -0.187. The predicted octanol–water partition coefficient (Wildman–Crippen LogP) is 10.1. The summed E-state index contributed by atoms with van der Waals surface area (Å²) in [6.07, 6.45) is 16.0. The molecule has 0 saturated heterocycles. The van der Waals surface area contributed by atoms with Crippen molar-refractivity contribution in [3.8, 4) is 12.3 Å². The van der Waals surface area contributed by atoms with Gasteiger partial charge < -0.3 is 25.8 Å². The Bertz CT molecular complexity index is 2480. The number of carbonyl (C=O) groups is 2. The number of likely N-dealkylation sites (N-methyl/N-ethyl adjacent to an activating group) is 2. The Balaban J connectivity index is 0.000000315. The van der Waals surface area contributed by atoms with Gasteiger partial charge in [0, 0.05) is 80.6 Å². The highest BCUT2D eigenvalue weighted by Gasteiger charge is 2.12.